The van der Waals surface area contributed by atoms with Gasteiger partial charge < -0.3 is 10.1 Å². The van der Waals surface area contributed by atoms with E-state index in [0.717, 1.165) is 11.4 Å². The second kappa shape index (κ2) is 9.94. The number of hydrogen-bond donors (Lipinski definition) is 1. The molecule has 2 rings (SSSR count). The summed E-state index contributed by atoms with van der Waals surface area (Å²) < 4.78 is 5.23. The molecule has 1 N–H and O–H groups in total. The van der Waals surface area contributed by atoms with Crippen LogP contribution in [-0.4, -0.2) is 7.11 Å². The van der Waals surface area contributed by atoms with Crippen molar-refractivity contribution in [3.63, 3.8) is 0 Å². The second-order valence-electron chi connectivity index (χ2n) is 6.04. The number of unbranched alkanes of at least 4 members (excludes halogenated alkanes) is 4. The molecule has 0 amide bonds. The van der Waals surface area contributed by atoms with E-state index in [4.69, 9.17) is 4.74 Å². The van der Waals surface area contributed by atoms with Gasteiger partial charge in [-0.2, -0.15) is 0 Å². The molecule has 0 aliphatic heterocycles. The fourth-order valence-corrected chi connectivity index (χ4v) is 2.85. The maximum atomic E-state index is 5.23. The van der Waals surface area contributed by atoms with E-state index in [-0.39, 0.29) is 0 Å². The molecule has 2 aromatic carbocycles. The molecule has 1 unspecified atom stereocenters. The van der Waals surface area contributed by atoms with Crippen LogP contribution in [0.4, 0.5) is 5.69 Å². The Labute approximate surface area is 140 Å². The van der Waals surface area contributed by atoms with Crippen molar-refractivity contribution in [1.82, 2.24) is 0 Å². The molecule has 2 nitrogen and oxygen atoms in total. The summed E-state index contributed by atoms with van der Waals surface area (Å²) in [6.07, 6.45) is 7.75. The monoisotopic (exact) mass is 311 g/mol. The molecule has 0 spiro atoms. The zero-order valence-electron chi connectivity index (χ0n) is 14.4. The van der Waals surface area contributed by atoms with Gasteiger partial charge in [0.05, 0.1) is 13.2 Å². The number of benzene rings is 2. The molecule has 1 atom stereocenters. The van der Waals surface area contributed by atoms with E-state index in [9.17, 15) is 0 Å². The number of hydrogen-bond acceptors (Lipinski definition) is 2. The Morgan fingerprint density at radius 3 is 2.22 bits per heavy atom. The van der Waals surface area contributed by atoms with Gasteiger partial charge in [0.2, 0.25) is 0 Å². The Hall–Kier alpha value is -1.96. The van der Waals surface area contributed by atoms with Crippen molar-refractivity contribution in [3.05, 3.63) is 60.2 Å². The number of methoxy groups -OCH3 is 1. The molecule has 0 fully saturated rings. The largest absolute Gasteiger partial charge is 0.497 e. The fraction of sp³-hybridized carbons (Fsp3) is 0.429. The molecular formula is C21H29NO. The Bertz CT molecular complexity index is 536. The van der Waals surface area contributed by atoms with E-state index in [1.165, 1.54) is 44.1 Å². The van der Waals surface area contributed by atoms with Gasteiger partial charge in [-0.05, 0) is 36.2 Å². The molecule has 0 saturated carbocycles. The van der Waals surface area contributed by atoms with Crippen LogP contribution in [0.15, 0.2) is 54.6 Å². The summed E-state index contributed by atoms with van der Waals surface area (Å²) in [5.74, 6) is 0.895. The minimum absolute atomic E-state index is 0.367. The molecule has 0 aliphatic rings. The van der Waals surface area contributed by atoms with Gasteiger partial charge in [-0.15, -0.1) is 0 Å². The highest BCUT2D eigenvalue weighted by molar-refractivity contribution is 5.48. The Balaban J connectivity index is 1.97. The Morgan fingerprint density at radius 1 is 0.870 bits per heavy atom. The average molecular weight is 311 g/mol. The van der Waals surface area contributed by atoms with Gasteiger partial charge in [-0.25, -0.2) is 0 Å². The van der Waals surface area contributed by atoms with Gasteiger partial charge in [-0.3, -0.25) is 0 Å². The normalized spacial score (nSPS) is 11.9. The smallest absolute Gasteiger partial charge is 0.119 e. The van der Waals surface area contributed by atoms with Gasteiger partial charge in [0.15, 0.2) is 0 Å². The van der Waals surface area contributed by atoms with E-state index >= 15 is 0 Å². The van der Waals surface area contributed by atoms with Crippen molar-refractivity contribution in [2.75, 3.05) is 12.4 Å². The third-order valence-electron chi connectivity index (χ3n) is 4.23. The number of ether oxygens (including phenoxy) is 1. The summed E-state index contributed by atoms with van der Waals surface area (Å²) in [5, 5.41) is 3.68. The second-order valence-corrected chi connectivity index (χ2v) is 6.04. The highest BCUT2D eigenvalue weighted by Crippen LogP contribution is 2.26. The molecule has 0 aliphatic carbocycles. The quantitative estimate of drug-likeness (QED) is 0.527. The highest BCUT2D eigenvalue weighted by atomic mass is 16.5. The first-order chi connectivity index (χ1) is 11.3. The van der Waals surface area contributed by atoms with Gasteiger partial charge in [-0.1, -0.05) is 69.4 Å². The van der Waals surface area contributed by atoms with E-state index in [0.29, 0.717) is 6.04 Å². The summed E-state index contributed by atoms with van der Waals surface area (Å²) in [7, 11) is 1.70. The molecule has 0 heterocycles. The number of anilines is 1. The lowest BCUT2D eigenvalue weighted by Crippen LogP contribution is -2.10. The van der Waals surface area contributed by atoms with Crippen LogP contribution in [0, 0.1) is 0 Å². The molecule has 23 heavy (non-hydrogen) atoms. The zero-order valence-corrected chi connectivity index (χ0v) is 14.4. The minimum Gasteiger partial charge on any atom is -0.497 e. The highest BCUT2D eigenvalue weighted by Gasteiger charge is 2.11. The SMILES string of the molecule is CCCCCCCC(Nc1ccc(OC)cc1)c1ccccc1. The topological polar surface area (TPSA) is 21.3 Å². The van der Waals surface area contributed by atoms with Crippen LogP contribution in [0.5, 0.6) is 5.75 Å². The third-order valence-corrected chi connectivity index (χ3v) is 4.23. The maximum absolute atomic E-state index is 5.23. The fourth-order valence-electron chi connectivity index (χ4n) is 2.85. The first kappa shape index (κ1) is 17.4. The van der Waals surface area contributed by atoms with E-state index in [2.05, 4.69) is 54.7 Å². The van der Waals surface area contributed by atoms with Crippen molar-refractivity contribution in [2.24, 2.45) is 0 Å². The molecule has 0 aromatic heterocycles. The lowest BCUT2D eigenvalue weighted by atomic mass is 9.99. The molecular weight excluding hydrogens is 282 g/mol. The first-order valence-electron chi connectivity index (χ1n) is 8.79. The van der Waals surface area contributed by atoms with Crippen LogP contribution in [-0.2, 0) is 0 Å². The van der Waals surface area contributed by atoms with Crippen LogP contribution in [0.25, 0.3) is 0 Å². The van der Waals surface area contributed by atoms with Crippen molar-refractivity contribution in [1.29, 1.82) is 0 Å². The number of nitrogens with one attached hydrogen (secondary N) is 1. The van der Waals surface area contributed by atoms with E-state index < -0.39 is 0 Å². The van der Waals surface area contributed by atoms with E-state index in [1.54, 1.807) is 7.11 Å². The molecule has 2 aromatic rings. The summed E-state index contributed by atoms with van der Waals surface area (Å²) in [6, 6.07) is 19.3. The minimum atomic E-state index is 0.367. The summed E-state index contributed by atoms with van der Waals surface area (Å²) >= 11 is 0. The van der Waals surface area contributed by atoms with Gasteiger partial charge in [0, 0.05) is 5.69 Å². The van der Waals surface area contributed by atoms with E-state index in [1.807, 2.05) is 12.1 Å². The standard InChI is InChI=1S/C21H29NO/c1-3-4-5-6-10-13-21(18-11-8-7-9-12-18)22-19-14-16-20(23-2)17-15-19/h7-9,11-12,14-17,21-22H,3-6,10,13H2,1-2H3. The molecule has 0 radical (unpaired) electrons. The van der Waals surface area contributed by atoms with Gasteiger partial charge in [0.1, 0.15) is 5.75 Å². The molecule has 2 heteroatoms. The van der Waals surface area contributed by atoms with Crippen LogP contribution in [0.3, 0.4) is 0 Å². The predicted octanol–water partition coefficient (Wildman–Crippen LogP) is 6.21. The number of rotatable bonds is 10. The zero-order chi connectivity index (χ0) is 16.3. The molecule has 124 valence electrons. The van der Waals surface area contributed by atoms with Crippen molar-refractivity contribution >= 4 is 5.69 Å². The lowest BCUT2D eigenvalue weighted by Gasteiger charge is -2.21. The first-order valence-corrected chi connectivity index (χ1v) is 8.79. The van der Waals surface area contributed by atoms with Crippen molar-refractivity contribution < 1.29 is 4.74 Å². The third kappa shape index (κ3) is 5.97. The average Bonchev–Trinajstić information content (AvgIpc) is 2.62. The Morgan fingerprint density at radius 2 is 1.57 bits per heavy atom. The molecule has 0 saturated heterocycles. The summed E-state index contributed by atoms with van der Waals surface area (Å²) in [5.41, 5.74) is 2.51. The Kier molecular flexibility index (Phi) is 7.51. The maximum Gasteiger partial charge on any atom is 0.119 e. The van der Waals surface area contributed by atoms with Crippen LogP contribution < -0.4 is 10.1 Å². The van der Waals surface area contributed by atoms with Gasteiger partial charge in [0.25, 0.3) is 0 Å². The predicted molar refractivity (Wildman–Crippen MR) is 99.2 cm³/mol. The molecule has 0 bridgehead atoms. The van der Waals surface area contributed by atoms with Crippen molar-refractivity contribution in [2.45, 2.75) is 51.5 Å². The van der Waals surface area contributed by atoms with Gasteiger partial charge >= 0.3 is 0 Å². The van der Waals surface area contributed by atoms with Crippen molar-refractivity contribution in [3.8, 4) is 5.75 Å². The lowest BCUT2D eigenvalue weighted by molar-refractivity contribution is 0.415. The van der Waals surface area contributed by atoms with Crippen LogP contribution >= 0.6 is 0 Å². The summed E-state index contributed by atoms with van der Waals surface area (Å²) in [4.78, 5) is 0. The summed E-state index contributed by atoms with van der Waals surface area (Å²) in [6.45, 7) is 2.26. The van der Waals surface area contributed by atoms with Crippen LogP contribution in [0.1, 0.15) is 57.1 Å². The van der Waals surface area contributed by atoms with Crippen LogP contribution in [0.2, 0.25) is 0 Å².